The van der Waals surface area contributed by atoms with Gasteiger partial charge in [0.2, 0.25) is 0 Å². The van der Waals surface area contributed by atoms with Crippen LogP contribution in [0.1, 0.15) is 10.4 Å². The summed E-state index contributed by atoms with van der Waals surface area (Å²) < 4.78 is 13.1. The zero-order valence-corrected chi connectivity index (χ0v) is 12.6. The van der Waals surface area contributed by atoms with Crippen molar-refractivity contribution in [3.8, 4) is 6.07 Å². The fourth-order valence-electron chi connectivity index (χ4n) is 1.84. The first-order valence-electron chi connectivity index (χ1n) is 6.00. The summed E-state index contributed by atoms with van der Waals surface area (Å²) in [6.07, 6.45) is 2.64. The van der Waals surface area contributed by atoms with Gasteiger partial charge in [0, 0.05) is 6.54 Å². The molecule has 0 unspecified atom stereocenters. The van der Waals surface area contributed by atoms with E-state index in [0.29, 0.717) is 23.5 Å². The number of halogens is 1. The Morgan fingerprint density at radius 1 is 1.50 bits per heavy atom. The van der Waals surface area contributed by atoms with Crippen LogP contribution in [0.5, 0.6) is 0 Å². The van der Waals surface area contributed by atoms with Gasteiger partial charge in [0.25, 0.3) is 0 Å². The second-order valence-electron chi connectivity index (χ2n) is 4.13. The molecule has 0 radical (unpaired) electrons. The summed E-state index contributed by atoms with van der Waals surface area (Å²) in [5.41, 5.74) is 7.38. The van der Waals surface area contributed by atoms with Crippen LogP contribution < -0.4 is 11.1 Å². The van der Waals surface area contributed by atoms with E-state index in [0.717, 1.165) is 15.5 Å². The highest BCUT2D eigenvalue weighted by atomic mass is 32.2. The van der Waals surface area contributed by atoms with E-state index in [4.69, 9.17) is 11.0 Å². The summed E-state index contributed by atoms with van der Waals surface area (Å²) >= 11 is 2.88. The highest BCUT2D eigenvalue weighted by Crippen LogP contribution is 2.41. The molecule has 1 aromatic carbocycles. The number of thioether (sulfide) groups is 1. The van der Waals surface area contributed by atoms with Gasteiger partial charge in [0.15, 0.2) is 0 Å². The van der Waals surface area contributed by atoms with Gasteiger partial charge in [-0.3, -0.25) is 0 Å². The molecule has 1 aromatic heterocycles. The first-order valence-corrected chi connectivity index (χ1v) is 8.04. The van der Waals surface area contributed by atoms with Gasteiger partial charge < -0.3 is 11.1 Å². The third kappa shape index (κ3) is 3.24. The van der Waals surface area contributed by atoms with Gasteiger partial charge in [-0.15, -0.1) is 23.1 Å². The van der Waals surface area contributed by atoms with Crippen LogP contribution in [0.2, 0.25) is 0 Å². The Morgan fingerprint density at radius 3 is 2.95 bits per heavy atom. The smallest absolute Gasteiger partial charge is 0.131 e. The van der Waals surface area contributed by atoms with Gasteiger partial charge in [-0.2, -0.15) is 5.26 Å². The molecule has 2 rings (SSSR count). The Kier molecular flexibility index (Phi) is 4.88. The van der Waals surface area contributed by atoms with E-state index in [1.54, 1.807) is 6.07 Å². The first kappa shape index (κ1) is 14.7. The Hall–Kier alpha value is -1.71. The maximum absolute atomic E-state index is 13.1. The quantitative estimate of drug-likeness (QED) is 0.827. The molecule has 0 fully saturated rings. The van der Waals surface area contributed by atoms with Gasteiger partial charge in [-0.05, 0) is 30.4 Å². The van der Waals surface area contributed by atoms with E-state index in [1.807, 2.05) is 12.3 Å². The average molecular weight is 307 g/mol. The van der Waals surface area contributed by atoms with Gasteiger partial charge in [0.05, 0.1) is 10.6 Å². The maximum atomic E-state index is 13.1. The van der Waals surface area contributed by atoms with Crippen molar-refractivity contribution < 1.29 is 4.39 Å². The lowest BCUT2D eigenvalue weighted by Gasteiger charge is -2.06. The van der Waals surface area contributed by atoms with Crippen molar-refractivity contribution in [3.05, 3.63) is 40.5 Å². The van der Waals surface area contributed by atoms with Crippen molar-refractivity contribution in [1.82, 2.24) is 0 Å². The number of nitriles is 1. The first-order chi connectivity index (χ1) is 9.65. The SMILES string of the molecule is CSc1c(NCCc2cccc(F)c2)sc(C#N)c1N. The number of anilines is 2. The van der Waals surface area contributed by atoms with Crippen LogP contribution in [0.25, 0.3) is 0 Å². The normalized spacial score (nSPS) is 10.2. The predicted molar refractivity (Wildman–Crippen MR) is 83.8 cm³/mol. The second kappa shape index (κ2) is 6.64. The summed E-state index contributed by atoms with van der Waals surface area (Å²) in [6.45, 7) is 0.668. The number of thiophene rings is 1. The average Bonchev–Trinajstić information content (AvgIpc) is 2.74. The molecule has 0 amide bonds. The zero-order chi connectivity index (χ0) is 14.5. The Morgan fingerprint density at radius 2 is 2.30 bits per heavy atom. The van der Waals surface area contributed by atoms with Gasteiger partial charge in [-0.25, -0.2) is 4.39 Å². The molecule has 0 saturated carbocycles. The minimum Gasteiger partial charge on any atom is -0.396 e. The van der Waals surface area contributed by atoms with Gasteiger partial charge in [-0.1, -0.05) is 12.1 Å². The standard InChI is InChI=1S/C14H14FN3S2/c1-19-13-12(17)11(8-16)20-14(13)18-6-5-9-3-2-4-10(15)7-9/h2-4,7,18H,5-6,17H2,1H3. The third-order valence-corrected chi connectivity index (χ3v) is 4.82. The minimum absolute atomic E-state index is 0.223. The molecule has 20 heavy (non-hydrogen) atoms. The molecular weight excluding hydrogens is 293 g/mol. The van der Waals surface area contributed by atoms with Gasteiger partial charge >= 0.3 is 0 Å². The molecule has 0 bridgehead atoms. The van der Waals surface area contributed by atoms with Crippen molar-refractivity contribution in [3.63, 3.8) is 0 Å². The predicted octanol–water partition coefficient (Wildman–Crippen LogP) is 3.72. The van der Waals surface area contributed by atoms with Crippen molar-refractivity contribution in [2.75, 3.05) is 23.9 Å². The highest BCUT2D eigenvalue weighted by Gasteiger charge is 2.14. The highest BCUT2D eigenvalue weighted by molar-refractivity contribution is 7.99. The summed E-state index contributed by atoms with van der Waals surface area (Å²) in [6, 6.07) is 8.65. The number of nitrogens with zero attached hydrogens (tertiary/aromatic N) is 1. The molecule has 0 saturated heterocycles. The fraction of sp³-hybridized carbons (Fsp3) is 0.214. The number of benzene rings is 1. The third-order valence-electron chi connectivity index (χ3n) is 2.79. The molecular formula is C14H14FN3S2. The molecule has 0 atom stereocenters. The van der Waals surface area contributed by atoms with Crippen LogP contribution in [-0.4, -0.2) is 12.8 Å². The van der Waals surface area contributed by atoms with Crippen LogP contribution in [0, 0.1) is 17.1 Å². The largest absolute Gasteiger partial charge is 0.396 e. The van der Waals surface area contributed by atoms with Crippen LogP contribution in [0.15, 0.2) is 29.2 Å². The summed E-state index contributed by atoms with van der Waals surface area (Å²) in [5.74, 6) is -0.223. The summed E-state index contributed by atoms with van der Waals surface area (Å²) in [5, 5.41) is 13.2. The molecule has 0 aliphatic heterocycles. The molecule has 0 aliphatic rings. The van der Waals surface area contributed by atoms with Crippen molar-refractivity contribution in [2.45, 2.75) is 11.3 Å². The number of nitrogens with two attached hydrogens (primary N) is 1. The van der Waals surface area contributed by atoms with Crippen LogP contribution in [0.3, 0.4) is 0 Å². The van der Waals surface area contributed by atoms with E-state index in [9.17, 15) is 4.39 Å². The van der Waals surface area contributed by atoms with E-state index < -0.39 is 0 Å². The lowest BCUT2D eigenvalue weighted by Crippen LogP contribution is -2.04. The molecule has 1 heterocycles. The molecule has 6 heteroatoms. The fourth-order valence-corrected chi connectivity index (χ4v) is 3.70. The van der Waals surface area contributed by atoms with Crippen LogP contribution >= 0.6 is 23.1 Å². The lowest BCUT2D eigenvalue weighted by atomic mass is 10.1. The topological polar surface area (TPSA) is 61.8 Å². The van der Waals surface area contributed by atoms with Crippen molar-refractivity contribution >= 4 is 33.8 Å². The van der Waals surface area contributed by atoms with E-state index in [1.165, 1.54) is 35.2 Å². The van der Waals surface area contributed by atoms with Crippen LogP contribution in [0.4, 0.5) is 15.1 Å². The van der Waals surface area contributed by atoms with Gasteiger partial charge in [0.1, 0.15) is 21.8 Å². The van der Waals surface area contributed by atoms with E-state index >= 15 is 0 Å². The summed E-state index contributed by atoms with van der Waals surface area (Å²) in [4.78, 5) is 1.44. The lowest BCUT2D eigenvalue weighted by molar-refractivity contribution is 0.625. The Balaban J connectivity index is 2.03. The number of nitrogen functional groups attached to an aromatic ring is 1. The minimum atomic E-state index is -0.223. The number of rotatable bonds is 5. The molecule has 0 spiro atoms. The zero-order valence-electron chi connectivity index (χ0n) is 10.9. The molecule has 3 nitrogen and oxygen atoms in total. The van der Waals surface area contributed by atoms with E-state index in [-0.39, 0.29) is 5.82 Å². The summed E-state index contributed by atoms with van der Waals surface area (Å²) in [7, 11) is 0. The maximum Gasteiger partial charge on any atom is 0.131 e. The number of hydrogen-bond acceptors (Lipinski definition) is 5. The Labute approximate surface area is 125 Å². The number of hydrogen-bond donors (Lipinski definition) is 2. The van der Waals surface area contributed by atoms with Crippen molar-refractivity contribution in [1.29, 1.82) is 5.26 Å². The second-order valence-corrected chi connectivity index (χ2v) is 5.96. The van der Waals surface area contributed by atoms with Crippen molar-refractivity contribution in [2.24, 2.45) is 0 Å². The number of nitrogens with one attached hydrogen (secondary N) is 1. The van der Waals surface area contributed by atoms with Crippen LogP contribution in [-0.2, 0) is 6.42 Å². The van der Waals surface area contributed by atoms with E-state index in [2.05, 4.69) is 11.4 Å². The molecule has 2 aromatic rings. The molecule has 3 N–H and O–H groups in total. The monoisotopic (exact) mass is 307 g/mol. The molecule has 104 valence electrons. The molecule has 0 aliphatic carbocycles. The Bertz CT molecular complexity index is 646.